The van der Waals surface area contributed by atoms with Crippen LogP contribution in [0.5, 0.6) is 0 Å². The molecule has 1 atom stereocenters. The van der Waals surface area contributed by atoms with Crippen LogP contribution in [0.1, 0.15) is 148 Å². The van der Waals surface area contributed by atoms with Crippen molar-refractivity contribution in [2.75, 3.05) is 4.81 Å². The SMILES string of the molecule is Cc1cc2c3c(c1)C1Cc4ccc5ccccc5c4-c4cccc(c41)B3N(c1cc3c(cc1C)C(C)(C)CCC3(C)C)c1ccc3c(c1-2)-c1cc2c(cc1CC3)C(C)(C)CCC2(C)C. The van der Waals surface area contributed by atoms with Crippen molar-refractivity contribution in [2.45, 2.75) is 142 Å². The van der Waals surface area contributed by atoms with Crippen molar-refractivity contribution in [3.63, 3.8) is 0 Å². The fraction of sp³-hybridized carbons (Fsp3) is 0.355. The van der Waals surface area contributed by atoms with Gasteiger partial charge in [-0.1, -0.05) is 152 Å². The second-order valence-electron chi connectivity index (χ2n) is 23.7. The molecule has 2 heterocycles. The number of fused-ring (bicyclic) bond motifs is 14. The minimum absolute atomic E-state index is 0.0432. The summed E-state index contributed by atoms with van der Waals surface area (Å²) in [6.45, 7) is 24.7. The van der Waals surface area contributed by atoms with E-state index in [-0.39, 0.29) is 28.5 Å². The average Bonchev–Trinajstić information content (AvgIpc) is 3.27. The summed E-state index contributed by atoms with van der Waals surface area (Å²) < 4.78 is 0. The van der Waals surface area contributed by atoms with E-state index in [2.05, 4.69) is 177 Å². The quantitative estimate of drug-likeness (QED) is 0.149. The summed E-state index contributed by atoms with van der Waals surface area (Å²) in [5.74, 6) is 0.291. The van der Waals surface area contributed by atoms with E-state index in [1.165, 1.54) is 131 Å². The first-order chi connectivity index (χ1) is 30.5. The van der Waals surface area contributed by atoms with Gasteiger partial charge in [-0.15, -0.1) is 0 Å². The van der Waals surface area contributed by atoms with E-state index < -0.39 is 0 Å². The summed E-state index contributed by atoms with van der Waals surface area (Å²) >= 11 is 0. The minimum Gasteiger partial charge on any atom is -0.376 e. The van der Waals surface area contributed by atoms with Gasteiger partial charge in [-0.2, -0.15) is 0 Å². The molecule has 0 spiro atoms. The molecule has 0 bridgehead atoms. The van der Waals surface area contributed by atoms with Gasteiger partial charge in [-0.05, 0) is 198 Å². The topological polar surface area (TPSA) is 3.24 Å². The van der Waals surface area contributed by atoms with Crippen LogP contribution >= 0.6 is 0 Å². The van der Waals surface area contributed by atoms with Crippen LogP contribution in [0.25, 0.3) is 44.2 Å². The Morgan fingerprint density at radius 2 is 1.17 bits per heavy atom. The second-order valence-corrected chi connectivity index (χ2v) is 23.7. The van der Waals surface area contributed by atoms with Gasteiger partial charge in [0.1, 0.15) is 0 Å². The Kier molecular flexibility index (Phi) is 7.76. The van der Waals surface area contributed by atoms with Gasteiger partial charge in [0.2, 0.25) is 0 Å². The fourth-order valence-corrected chi connectivity index (χ4v) is 14.2. The molecule has 0 aromatic heterocycles. The smallest absolute Gasteiger partial charge is 0.329 e. The zero-order valence-electron chi connectivity index (χ0n) is 39.9. The lowest BCUT2D eigenvalue weighted by Crippen LogP contribution is -2.62. The van der Waals surface area contributed by atoms with Gasteiger partial charge in [0.05, 0.1) is 0 Å². The van der Waals surface area contributed by atoms with Crippen LogP contribution < -0.4 is 15.7 Å². The predicted octanol–water partition coefficient (Wildman–Crippen LogP) is 14.5. The number of hydrogen-bond acceptors (Lipinski definition) is 1. The Labute approximate surface area is 382 Å². The van der Waals surface area contributed by atoms with Gasteiger partial charge in [-0.3, -0.25) is 0 Å². The lowest BCUT2D eigenvalue weighted by atomic mass is 9.39. The van der Waals surface area contributed by atoms with E-state index in [4.69, 9.17) is 0 Å². The van der Waals surface area contributed by atoms with Gasteiger partial charge >= 0.3 is 6.85 Å². The molecule has 0 N–H and O–H groups in total. The molecule has 7 aromatic rings. The number of anilines is 2. The summed E-state index contributed by atoms with van der Waals surface area (Å²) in [5.41, 5.74) is 31.7. The van der Waals surface area contributed by atoms with Crippen LogP contribution in [0, 0.1) is 13.8 Å². The molecule has 1 unspecified atom stereocenters. The maximum Gasteiger partial charge on any atom is 0.329 e. The predicted molar refractivity (Wildman–Crippen MR) is 273 cm³/mol. The summed E-state index contributed by atoms with van der Waals surface area (Å²) in [4.78, 5) is 2.87. The van der Waals surface area contributed by atoms with E-state index in [1.807, 2.05) is 0 Å². The van der Waals surface area contributed by atoms with E-state index in [0.29, 0.717) is 5.92 Å². The van der Waals surface area contributed by atoms with E-state index in [0.717, 1.165) is 19.3 Å². The third-order valence-electron chi connectivity index (χ3n) is 18.0. The first-order valence-corrected chi connectivity index (χ1v) is 24.6. The maximum atomic E-state index is 2.87. The first kappa shape index (κ1) is 39.1. The molecule has 6 aliphatic rings. The largest absolute Gasteiger partial charge is 0.376 e. The van der Waals surface area contributed by atoms with Crippen LogP contribution in [-0.2, 0) is 40.9 Å². The number of hydrogen-bond donors (Lipinski definition) is 0. The highest BCUT2D eigenvalue weighted by molar-refractivity contribution is 6.92. The lowest BCUT2D eigenvalue weighted by Gasteiger charge is -2.48. The number of aryl methyl sites for hydroxylation is 4. The van der Waals surface area contributed by atoms with Crippen molar-refractivity contribution in [2.24, 2.45) is 0 Å². The molecular weight excluding hydrogens is 770 g/mol. The normalized spacial score (nSPS) is 20.5. The Morgan fingerprint density at radius 1 is 0.516 bits per heavy atom. The third kappa shape index (κ3) is 5.15. The fourth-order valence-electron chi connectivity index (χ4n) is 14.2. The molecule has 2 heteroatoms. The molecule has 0 radical (unpaired) electrons. The average molecular weight is 832 g/mol. The Morgan fingerprint density at radius 3 is 1.92 bits per heavy atom. The van der Waals surface area contributed by atoms with E-state index in [9.17, 15) is 0 Å². The maximum absolute atomic E-state index is 2.87. The molecule has 4 aliphatic carbocycles. The van der Waals surface area contributed by atoms with Crippen LogP contribution in [0.2, 0.25) is 0 Å². The summed E-state index contributed by atoms with van der Waals surface area (Å²) in [6.07, 6.45) is 8.08. The summed E-state index contributed by atoms with van der Waals surface area (Å²) in [6, 6.07) is 42.1. The molecule has 1 nitrogen and oxygen atoms in total. The second kappa shape index (κ2) is 12.7. The number of rotatable bonds is 1. The van der Waals surface area contributed by atoms with Gasteiger partial charge in [0.15, 0.2) is 0 Å². The van der Waals surface area contributed by atoms with E-state index in [1.54, 1.807) is 22.3 Å². The van der Waals surface area contributed by atoms with Crippen LogP contribution in [0.15, 0.2) is 103 Å². The molecule has 318 valence electrons. The molecule has 0 saturated carbocycles. The van der Waals surface area contributed by atoms with Crippen molar-refractivity contribution >= 4 is 39.9 Å². The van der Waals surface area contributed by atoms with Gasteiger partial charge in [0.25, 0.3) is 0 Å². The van der Waals surface area contributed by atoms with Crippen molar-refractivity contribution in [1.29, 1.82) is 0 Å². The van der Waals surface area contributed by atoms with Gasteiger partial charge in [-0.25, -0.2) is 0 Å². The van der Waals surface area contributed by atoms with Crippen molar-refractivity contribution in [1.82, 2.24) is 0 Å². The highest BCUT2D eigenvalue weighted by atomic mass is 15.1. The van der Waals surface area contributed by atoms with Crippen LogP contribution in [-0.4, -0.2) is 6.85 Å². The zero-order valence-corrected chi connectivity index (χ0v) is 39.9. The van der Waals surface area contributed by atoms with Gasteiger partial charge in [0, 0.05) is 22.9 Å². The third-order valence-corrected chi connectivity index (χ3v) is 18.0. The monoisotopic (exact) mass is 831 g/mol. The molecule has 64 heavy (non-hydrogen) atoms. The minimum atomic E-state index is 0.0432. The molecule has 0 fully saturated rings. The van der Waals surface area contributed by atoms with Gasteiger partial charge < -0.3 is 4.81 Å². The zero-order chi connectivity index (χ0) is 44.0. The van der Waals surface area contributed by atoms with Crippen molar-refractivity contribution in [3.05, 3.63) is 164 Å². The molecule has 0 amide bonds. The lowest BCUT2D eigenvalue weighted by molar-refractivity contribution is 0.331. The molecule has 7 aromatic carbocycles. The van der Waals surface area contributed by atoms with Crippen LogP contribution in [0.3, 0.4) is 0 Å². The molecule has 2 aliphatic heterocycles. The van der Waals surface area contributed by atoms with Crippen LogP contribution in [0.4, 0.5) is 11.4 Å². The highest BCUT2D eigenvalue weighted by Crippen LogP contribution is 2.57. The summed E-state index contributed by atoms with van der Waals surface area (Å²) in [5, 5.41) is 2.70. The van der Waals surface area contributed by atoms with Crippen molar-refractivity contribution in [3.8, 4) is 33.4 Å². The Balaban J connectivity index is 1.15. The Bertz CT molecular complexity index is 3240. The van der Waals surface area contributed by atoms with E-state index >= 15 is 0 Å². The summed E-state index contributed by atoms with van der Waals surface area (Å²) in [7, 11) is 0. The Hall–Kier alpha value is -5.34. The molecule has 0 saturated heterocycles. The standard InChI is InChI=1S/C62H62BN/c1-35-28-45-44-31-40-21-18-37-14-11-12-15-41(37)54(40)42-16-13-17-51(56(42)44)63-58(45)46(29-35)57-52(64(63)53-34-50-47(30-36(53)2)59(3,4)24-27-62(50,9)10)23-22-38-19-20-39-32-48-49(33-43(39)55(38)57)61(7,8)26-25-60(48,5)6/h11-18,21-23,28-30,32-34,44H,19-20,24-27,31H2,1-10H3. The molecular formula is C62H62BN. The highest BCUT2D eigenvalue weighted by Gasteiger charge is 2.49. The van der Waals surface area contributed by atoms with Crippen molar-refractivity contribution < 1.29 is 0 Å². The molecule has 13 rings (SSSR count). The number of nitrogens with zero attached hydrogens (tertiary/aromatic N) is 1. The number of benzene rings is 7. The first-order valence-electron chi connectivity index (χ1n) is 24.6.